The Kier molecular flexibility index (Phi) is 6.61. The molecule has 0 aliphatic carbocycles. The molecule has 1 atom stereocenters. The first-order chi connectivity index (χ1) is 12.1. The van der Waals surface area contributed by atoms with Crippen molar-refractivity contribution in [1.82, 2.24) is 19.8 Å². The first-order valence-electron chi connectivity index (χ1n) is 8.85. The number of halogens is 1. The molecule has 8 heteroatoms. The third-order valence-corrected chi connectivity index (χ3v) is 4.75. The molecule has 2 N–H and O–H groups in total. The Balaban J connectivity index is 0.00000243. The van der Waals surface area contributed by atoms with E-state index in [0.29, 0.717) is 29.6 Å². The second kappa shape index (κ2) is 8.51. The van der Waals surface area contributed by atoms with E-state index < -0.39 is 5.69 Å². The van der Waals surface area contributed by atoms with Crippen LogP contribution in [-0.4, -0.2) is 46.0 Å². The number of aromatic amines is 1. The van der Waals surface area contributed by atoms with Crippen LogP contribution in [0.2, 0.25) is 0 Å². The Labute approximate surface area is 157 Å². The van der Waals surface area contributed by atoms with Crippen LogP contribution >= 0.6 is 12.4 Å². The van der Waals surface area contributed by atoms with Crippen LogP contribution in [0.4, 0.5) is 0 Å². The Morgan fingerprint density at radius 2 is 2.08 bits per heavy atom. The maximum Gasteiger partial charge on any atom is 0.328 e. The van der Waals surface area contributed by atoms with Gasteiger partial charge in [0, 0.05) is 31.2 Å². The number of nitrogens with zero attached hydrogens (tertiary/aromatic N) is 2. The van der Waals surface area contributed by atoms with Crippen molar-refractivity contribution in [3.05, 3.63) is 44.6 Å². The summed E-state index contributed by atoms with van der Waals surface area (Å²) in [4.78, 5) is 41.9. The van der Waals surface area contributed by atoms with Gasteiger partial charge in [-0.05, 0) is 44.5 Å². The third kappa shape index (κ3) is 3.68. The van der Waals surface area contributed by atoms with Crippen molar-refractivity contribution in [1.29, 1.82) is 0 Å². The third-order valence-electron chi connectivity index (χ3n) is 4.75. The van der Waals surface area contributed by atoms with E-state index in [-0.39, 0.29) is 29.9 Å². The molecule has 3 rings (SSSR count). The number of carbonyl (C=O) groups is 1. The van der Waals surface area contributed by atoms with Crippen LogP contribution in [0, 0.1) is 0 Å². The molecule has 0 bridgehead atoms. The van der Waals surface area contributed by atoms with Crippen LogP contribution in [0.25, 0.3) is 10.9 Å². The highest BCUT2D eigenvalue weighted by Gasteiger charge is 2.26. The Morgan fingerprint density at radius 1 is 1.31 bits per heavy atom. The number of aromatic nitrogens is 2. The van der Waals surface area contributed by atoms with E-state index >= 15 is 0 Å². The van der Waals surface area contributed by atoms with Gasteiger partial charge < -0.3 is 15.2 Å². The number of benzene rings is 1. The van der Waals surface area contributed by atoms with Gasteiger partial charge in [-0.3, -0.25) is 14.2 Å². The molecule has 1 unspecified atom stereocenters. The lowest BCUT2D eigenvalue weighted by atomic mass is 10.1. The van der Waals surface area contributed by atoms with Crippen LogP contribution in [0.5, 0.6) is 0 Å². The summed E-state index contributed by atoms with van der Waals surface area (Å²) in [6, 6.07) is 5.11. The monoisotopic (exact) mass is 380 g/mol. The summed E-state index contributed by atoms with van der Waals surface area (Å²) in [6.07, 6.45) is 1.82. The number of hydrogen-bond acceptors (Lipinski definition) is 4. The quantitative estimate of drug-likeness (QED) is 0.819. The SMILES string of the molecule is CCCN(C(=O)c1ccc2c(=O)n(CC)c(=O)[nH]c2c1)C1CCNC1.Cl. The van der Waals surface area contributed by atoms with Crippen LogP contribution in [-0.2, 0) is 6.54 Å². The van der Waals surface area contributed by atoms with Gasteiger partial charge in [0.15, 0.2) is 0 Å². The average Bonchev–Trinajstić information content (AvgIpc) is 3.13. The zero-order chi connectivity index (χ0) is 18.0. The predicted molar refractivity (Wildman–Crippen MR) is 104 cm³/mol. The fourth-order valence-electron chi connectivity index (χ4n) is 3.44. The van der Waals surface area contributed by atoms with E-state index in [0.717, 1.165) is 30.5 Å². The Hall–Kier alpha value is -2.12. The van der Waals surface area contributed by atoms with Gasteiger partial charge in [-0.2, -0.15) is 0 Å². The first kappa shape index (κ1) is 20.2. The largest absolute Gasteiger partial charge is 0.334 e. The highest BCUT2D eigenvalue weighted by atomic mass is 35.5. The standard InChI is InChI=1S/C18H24N4O3.ClH/c1-3-9-22(13-7-8-19-11-13)16(23)12-5-6-14-15(10-12)20-18(25)21(4-2)17(14)24;/h5-6,10,13,19H,3-4,7-9,11H2,1-2H3,(H,20,25);1H. The zero-order valence-corrected chi connectivity index (χ0v) is 15.9. The lowest BCUT2D eigenvalue weighted by Crippen LogP contribution is -2.42. The fraction of sp³-hybridized carbons (Fsp3) is 0.500. The minimum absolute atomic E-state index is 0. The van der Waals surface area contributed by atoms with Gasteiger partial charge in [-0.1, -0.05) is 6.92 Å². The topological polar surface area (TPSA) is 87.2 Å². The number of rotatable bonds is 5. The van der Waals surface area contributed by atoms with E-state index in [9.17, 15) is 14.4 Å². The molecule has 0 spiro atoms. The highest BCUT2D eigenvalue weighted by Crippen LogP contribution is 2.16. The van der Waals surface area contributed by atoms with Crippen molar-refractivity contribution >= 4 is 29.2 Å². The molecule has 1 fully saturated rings. The smallest absolute Gasteiger partial charge is 0.328 e. The molecule has 1 saturated heterocycles. The van der Waals surface area contributed by atoms with Crippen molar-refractivity contribution in [3.63, 3.8) is 0 Å². The van der Waals surface area contributed by atoms with Crippen LogP contribution in [0.15, 0.2) is 27.8 Å². The molecule has 1 aliphatic heterocycles. The lowest BCUT2D eigenvalue weighted by molar-refractivity contribution is 0.0692. The molecule has 1 amide bonds. The summed E-state index contributed by atoms with van der Waals surface area (Å²) < 4.78 is 1.15. The predicted octanol–water partition coefficient (Wildman–Crippen LogP) is 1.35. The summed E-state index contributed by atoms with van der Waals surface area (Å²) in [6.45, 7) is 6.52. The number of carbonyl (C=O) groups excluding carboxylic acids is 1. The molecule has 7 nitrogen and oxygen atoms in total. The van der Waals surface area contributed by atoms with Crippen molar-refractivity contribution in [2.24, 2.45) is 0 Å². The van der Waals surface area contributed by atoms with Gasteiger partial charge in [0.1, 0.15) is 0 Å². The van der Waals surface area contributed by atoms with E-state index in [4.69, 9.17) is 0 Å². The molecule has 1 aliphatic rings. The summed E-state index contributed by atoms with van der Waals surface area (Å²) in [5, 5.41) is 3.71. The minimum Gasteiger partial charge on any atom is -0.334 e. The Morgan fingerprint density at radius 3 is 2.69 bits per heavy atom. The summed E-state index contributed by atoms with van der Waals surface area (Å²) in [5.41, 5.74) is 0.129. The molecular formula is C18H25ClN4O3. The number of fused-ring (bicyclic) bond motifs is 1. The number of hydrogen-bond donors (Lipinski definition) is 2. The summed E-state index contributed by atoms with van der Waals surface area (Å²) in [7, 11) is 0. The van der Waals surface area contributed by atoms with Gasteiger partial charge >= 0.3 is 5.69 Å². The van der Waals surface area contributed by atoms with Gasteiger partial charge in [0.05, 0.1) is 10.9 Å². The Bertz CT molecular complexity index is 899. The number of H-pyrrole nitrogens is 1. The highest BCUT2D eigenvalue weighted by molar-refractivity contribution is 5.97. The van der Waals surface area contributed by atoms with Crippen LogP contribution in [0.1, 0.15) is 37.0 Å². The first-order valence-corrected chi connectivity index (χ1v) is 8.85. The van der Waals surface area contributed by atoms with Gasteiger partial charge in [0.25, 0.3) is 11.5 Å². The molecule has 142 valence electrons. The summed E-state index contributed by atoms with van der Waals surface area (Å²) in [5.74, 6) is -0.0574. The van der Waals surface area contributed by atoms with Gasteiger partial charge in [-0.25, -0.2) is 4.79 Å². The maximum absolute atomic E-state index is 13.0. The normalized spacial score (nSPS) is 16.5. The van der Waals surface area contributed by atoms with Crippen LogP contribution < -0.4 is 16.6 Å². The minimum atomic E-state index is -0.449. The van der Waals surface area contributed by atoms with Gasteiger partial charge in [-0.15, -0.1) is 12.4 Å². The van der Waals surface area contributed by atoms with Gasteiger partial charge in [0.2, 0.25) is 0 Å². The second-order valence-corrected chi connectivity index (χ2v) is 6.39. The fourth-order valence-corrected chi connectivity index (χ4v) is 3.44. The van der Waals surface area contributed by atoms with E-state index in [1.54, 1.807) is 25.1 Å². The molecule has 26 heavy (non-hydrogen) atoms. The van der Waals surface area contributed by atoms with Crippen molar-refractivity contribution in [2.45, 2.75) is 39.3 Å². The zero-order valence-electron chi connectivity index (χ0n) is 15.1. The lowest BCUT2D eigenvalue weighted by Gasteiger charge is -2.28. The average molecular weight is 381 g/mol. The number of amides is 1. The molecule has 0 saturated carbocycles. The van der Waals surface area contributed by atoms with Crippen molar-refractivity contribution in [3.8, 4) is 0 Å². The van der Waals surface area contributed by atoms with E-state index in [1.165, 1.54) is 0 Å². The van der Waals surface area contributed by atoms with Crippen molar-refractivity contribution in [2.75, 3.05) is 19.6 Å². The van der Waals surface area contributed by atoms with E-state index in [2.05, 4.69) is 10.3 Å². The molecular weight excluding hydrogens is 356 g/mol. The van der Waals surface area contributed by atoms with Crippen molar-refractivity contribution < 1.29 is 4.79 Å². The molecule has 1 aromatic carbocycles. The van der Waals surface area contributed by atoms with E-state index in [1.807, 2.05) is 11.8 Å². The molecule has 2 heterocycles. The molecule has 2 aromatic rings. The van der Waals surface area contributed by atoms with Crippen LogP contribution in [0.3, 0.4) is 0 Å². The number of nitrogens with one attached hydrogen (secondary N) is 2. The molecule has 0 radical (unpaired) electrons. The summed E-state index contributed by atoms with van der Waals surface area (Å²) >= 11 is 0. The molecule has 1 aromatic heterocycles. The second-order valence-electron chi connectivity index (χ2n) is 6.39. The maximum atomic E-state index is 13.0.